The van der Waals surface area contributed by atoms with E-state index in [1.54, 1.807) is 12.3 Å². The summed E-state index contributed by atoms with van der Waals surface area (Å²) in [4.78, 5) is 8.98. The molecule has 4 aromatic rings. The van der Waals surface area contributed by atoms with Crippen molar-refractivity contribution in [2.45, 2.75) is 0 Å². The zero-order chi connectivity index (χ0) is 15.8. The fourth-order valence-corrected chi connectivity index (χ4v) is 2.75. The number of pyridine rings is 2. The number of halogens is 1. The van der Waals surface area contributed by atoms with Crippen LogP contribution in [0.1, 0.15) is 0 Å². The fourth-order valence-electron chi connectivity index (χ4n) is 2.63. The number of rotatable bonds is 2. The minimum absolute atomic E-state index is 0.496. The van der Waals surface area contributed by atoms with Gasteiger partial charge >= 0.3 is 0 Å². The highest BCUT2D eigenvalue weighted by Crippen LogP contribution is 2.33. The molecule has 0 aliphatic carbocycles. The summed E-state index contributed by atoms with van der Waals surface area (Å²) in [6.45, 7) is 0. The second-order valence-electron chi connectivity index (χ2n) is 5.22. The van der Waals surface area contributed by atoms with Gasteiger partial charge in [-0.25, -0.2) is 9.97 Å². The van der Waals surface area contributed by atoms with Crippen LogP contribution in [0.3, 0.4) is 0 Å². The summed E-state index contributed by atoms with van der Waals surface area (Å²) in [5, 5.41) is 0.702. The Labute approximate surface area is 138 Å². The summed E-state index contributed by atoms with van der Waals surface area (Å²) >= 11 is 6.00. The predicted molar refractivity (Wildman–Crippen MR) is 93.3 cm³/mol. The molecule has 0 aliphatic heterocycles. The maximum Gasteiger partial charge on any atom is 0.137 e. The zero-order valence-corrected chi connectivity index (χ0v) is 12.9. The Morgan fingerprint density at radius 3 is 2.43 bits per heavy atom. The number of hydrogen-bond donors (Lipinski definition) is 1. The van der Waals surface area contributed by atoms with Gasteiger partial charge in [-0.2, -0.15) is 0 Å². The first-order valence-electron chi connectivity index (χ1n) is 7.17. The van der Waals surface area contributed by atoms with Gasteiger partial charge in [0.15, 0.2) is 0 Å². The van der Waals surface area contributed by atoms with Crippen LogP contribution in [0.15, 0.2) is 67.0 Å². The van der Waals surface area contributed by atoms with Gasteiger partial charge in [0.05, 0.1) is 11.4 Å². The Morgan fingerprint density at radius 1 is 0.913 bits per heavy atom. The van der Waals surface area contributed by atoms with Crippen LogP contribution in [-0.2, 0) is 0 Å². The Bertz CT molecular complexity index is 972. The van der Waals surface area contributed by atoms with Gasteiger partial charge in [-0.3, -0.25) is 4.40 Å². The molecular formula is C18H13ClN4. The molecule has 0 spiro atoms. The molecule has 1 aromatic carbocycles. The third-order valence-electron chi connectivity index (χ3n) is 3.71. The van der Waals surface area contributed by atoms with E-state index in [2.05, 4.69) is 9.38 Å². The van der Waals surface area contributed by atoms with Crippen LogP contribution < -0.4 is 5.73 Å². The second-order valence-corrected chi connectivity index (χ2v) is 5.65. The van der Waals surface area contributed by atoms with E-state index in [0.717, 1.165) is 28.2 Å². The predicted octanol–water partition coefficient (Wildman–Crippen LogP) is 4.30. The van der Waals surface area contributed by atoms with Crippen LogP contribution in [0.5, 0.6) is 0 Å². The summed E-state index contributed by atoms with van der Waals surface area (Å²) in [5.74, 6) is 0.496. The molecule has 0 saturated carbocycles. The molecular weight excluding hydrogens is 308 g/mol. The van der Waals surface area contributed by atoms with Gasteiger partial charge in [-0.1, -0.05) is 29.8 Å². The molecule has 0 amide bonds. The summed E-state index contributed by atoms with van der Waals surface area (Å²) in [7, 11) is 0. The van der Waals surface area contributed by atoms with Crippen molar-refractivity contribution in [3.63, 3.8) is 0 Å². The van der Waals surface area contributed by atoms with Crippen LogP contribution in [0.25, 0.3) is 28.2 Å². The first kappa shape index (κ1) is 13.8. The molecule has 0 atom stereocenters. The highest BCUT2D eigenvalue weighted by Gasteiger charge is 2.15. The third-order valence-corrected chi connectivity index (χ3v) is 3.96. The molecule has 23 heavy (non-hydrogen) atoms. The normalized spacial score (nSPS) is 11.0. The number of fused-ring (bicyclic) bond motifs is 1. The minimum atomic E-state index is 0.496. The average Bonchev–Trinajstić information content (AvgIpc) is 2.96. The van der Waals surface area contributed by atoms with Gasteiger partial charge in [0.1, 0.15) is 11.5 Å². The Balaban J connectivity index is 2.01. The number of benzene rings is 1. The topological polar surface area (TPSA) is 56.2 Å². The van der Waals surface area contributed by atoms with E-state index < -0.39 is 0 Å². The lowest BCUT2D eigenvalue weighted by Crippen LogP contribution is -1.93. The summed E-state index contributed by atoms with van der Waals surface area (Å²) in [5.41, 5.74) is 10.4. The maximum absolute atomic E-state index is 6.00. The molecule has 0 aliphatic rings. The number of nitrogen functional groups attached to an aromatic ring is 1. The Kier molecular flexibility index (Phi) is 3.24. The maximum atomic E-state index is 6.00. The lowest BCUT2D eigenvalue weighted by atomic mass is 10.1. The molecule has 0 fully saturated rings. The smallest absolute Gasteiger partial charge is 0.137 e. The zero-order valence-electron chi connectivity index (χ0n) is 12.1. The van der Waals surface area contributed by atoms with Crippen molar-refractivity contribution < 1.29 is 0 Å². The number of imidazole rings is 1. The van der Waals surface area contributed by atoms with Crippen molar-refractivity contribution >= 4 is 23.1 Å². The number of aromatic nitrogens is 3. The van der Waals surface area contributed by atoms with E-state index in [4.69, 9.17) is 22.3 Å². The Hall–Kier alpha value is -2.85. The molecule has 0 radical (unpaired) electrons. The van der Waals surface area contributed by atoms with E-state index in [1.165, 1.54) is 0 Å². The largest absolute Gasteiger partial charge is 0.384 e. The van der Waals surface area contributed by atoms with Gasteiger partial charge in [0, 0.05) is 28.5 Å². The van der Waals surface area contributed by atoms with E-state index in [9.17, 15) is 0 Å². The molecule has 3 heterocycles. The van der Waals surface area contributed by atoms with Gasteiger partial charge < -0.3 is 5.73 Å². The lowest BCUT2D eigenvalue weighted by molar-refractivity contribution is 1.18. The fraction of sp³-hybridized carbons (Fsp3) is 0. The highest BCUT2D eigenvalue weighted by atomic mass is 35.5. The second kappa shape index (κ2) is 5.41. The summed E-state index contributed by atoms with van der Waals surface area (Å²) in [6, 6.07) is 17.4. The van der Waals surface area contributed by atoms with Crippen LogP contribution in [0, 0.1) is 0 Å². The summed E-state index contributed by atoms with van der Waals surface area (Å²) in [6.07, 6.45) is 3.76. The first-order chi connectivity index (χ1) is 11.2. The highest BCUT2D eigenvalue weighted by molar-refractivity contribution is 6.30. The third kappa shape index (κ3) is 2.43. The molecule has 5 heteroatoms. The van der Waals surface area contributed by atoms with Gasteiger partial charge in [0.2, 0.25) is 0 Å². The Morgan fingerprint density at radius 2 is 1.70 bits per heavy atom. The van der Waals surface area contributed by atoms with Crippen LogP contribution in [-0.4, -0.2) is 14.4 Å². The standard InChI is InChI=1S/C18H13ClN4/c19-14-7-4-12(5-8-14)17-18(13-6-9-15(20)21-11-13)23-10-2-1-3-16(23)22-17/h1-11H,(H2,20,21). The molecule has 2 N–H and O–H groups in total. The number of hydrogen-bond acceptors (Lipinski definition) is 3. The minimum Gasteiger partial charge on any atom is -0.384 e. The molecule has 112 valence electrons. The SMILES string of the molecule is Nc1ccc(-c2c(-c3ccc(Cl)cc3)nc3ccccn23)cn1. The van der Waals surface area contributed by atoms with Crippen molar-refractivity contribution in [1.29, 1.82) is 0 Å². The van der Waals surface area contributed by atoms with Gasteiger partial charge in [-0.15, -0.1) is 0 Å². The molecule has 0 bridgehead atoms. The van der Waals surface area contributed by atoms with Crippen molar-refractivity contribution in [2.75, 3.05) is 5.73 Å². The van der Waals surface area contributed by atoms with Crippen molar-refractivity contribution in [3.05, 3.63) is 72.0 Å². The molecule has 0 unspecified atom stereocenters. The lowest BCUT2D eigenvalue weighted by Gasteiger charge is -2.06. The van der Waals surface area contributed by atoms with E-state index in [-0.39, 0.29) is 0 Å². The molecule has 4 rings (SSSR count). The number of nitrogens with zero attached hydrogens (tertiary/aromatic N) is 3. The van der Waals surface area contributed by atoms with E-state index >= 15 is 0 Å². The first-order valence-corrected chi connectivity index (χ1v) is 7.55. The van der Waals surface area contributed by atoms with Crippen LogP contribution in [0.4, 0.5) is 5.82 Å². The van der Waals surface area contributed by atoms with Crippen molar-refractivity contribution in [1.82, 2.24) is 14.4 Å². The quantitative estimate of drug-likeness (QED) is 0.599. The van der Waals surface area contributed by atoms with E-state index in [0.29, 0.717) is 10.8 Å². The molecule has 0 saturated heterocycles. The number of anilines is 1. The molecule has 4 nitrogen and oxygen atoms in total. The monoisotopic (exact) mass is 320 g/mol. The van der Waals surface area contributed by atoms with Crippen LogP contribution in [0.2, 0.25) is 5.02 Å². The van der Waals surface area contributed by atoms with Gasteiger partial charge in [-0.05, 0) is 36.4 Å². The van der Waals surface area contributed by atoms with E-state index in [1.807, 2.05) is 54.7 Å². The van der Waals surface area contributed by atoms with Gasteiger partial charge in [0.25, 0.3) is 0 Å². The van der Waals surface area contributed by atoms with Crippen molar-refractivity contribution in [2.24, 2.45) is 0 Å². The summed E-state index contributed by atoms with van der Waals surface area (Å²) < 4.78 is 2.05. The van der Waals surface area contributed by atoms with Crippen molar-refractivity contribution in [3.8, 4) is 22.5 Å². The van der Waals surface area contributed by atoms with Crippen LogP contribution >= 0.6 is 11.6 Å². The number of nitrogens with two attached hydrogens (primary N) is 1. The average molecular weight is 321 g/mol. The molecule has 3 aromatic heterocycles.